The van der Waals surface area contributed by atoms with Crippen LogP contribution in [0, 0.1) is 0 Å². The number of aromatic amines is 1. The summed E-state index contributed by atoms with van der Waals surface area (Å²) < 4.78 is 5.45. The molecule has 0 bridgehead atoms. The van der Waals surface area contributed by atoms with Gasteiger partial charge in [0.2, 0.25) is 0 Å². The summed E-state index contributed by atoms with van der Waals surface area (Å²) >= 11 is 0. The Hall–Kier alpha value is -2.10. The minimum absolute atomic E-state index is 0.0977. The molecule has 0 aliphatic heterocycles. The van der Waals surface area contributed by atoms with Crippen molar-refractivity contribution in [1.29, 1.82) is 0 Å². The molecule has 1 heterocycles. The van der Waals surface area contributed by atoms with E-state index in [4.69, 9.17) is 4.74 Å². The Labute approximate surface area is 118 Å². The zero-order valence-electron chi connectivity index (χ0n) is 12.0. The van der Waals surface area contributed by atoms with Crippen molar-refractivity contribution in [1.82, 2.24) is 9.97 Å². The van der Waals surface area contributed by atoms with Gasteiger partial charge in [-0.05, 0) is 18.4 Å². The van der Waals surface area contributed by atoms with Crippen LogP contribution in [0.1, 0.15) is 37.1 Å². The van der Waals surface area contributed by atoms with Gasteiger partial charge in [0.1, 0.15) is 0 Å². The van der Waals surface area contributed by atoms with Crippen LogP contribution in [0.5, 0.6) is 6.01 Å². The highest BCUT2D eigenvalue weighted by Crippen LogP contribution is 2.12. The summed E-state index contributed by atoms with van der Waals surface area (Å²) in [7, 11) is 0. The van der Waals surface area contributed by atoms with Gasteiger partial charge in [0.05, 0.1) is 12.3 Å². The van der Waals surface area contributed by atoms with E-state index in [0.29, 0.717) is 25.5 Å². The van der Waals surface area contributed by atoms with Gasteiger partial charge in [0.15, 0.2) is 0 Å². The Morgan fingerprint density at radius 3 is 2.60 bits per heavy atom. The number of rotatable bonds is 6. The summed E-state index contributed by atoms with van der Waals surface area (Å²) in [5.74, 6) is 0. The third-order valence-corrected chi connectivity index (χ3v) is 3.09. The van der Waals surface area contributed by atoms with Gasteiger partial charge < -0.3 is 4.74 Å². The monoisotopic (exact) mass is 272 g/mol. The molecule has 2 aromatic rings. The number of aromatic nitrogens is 2. The molecule has 1 aromatic heterocycles. The smallest absolute Gasteiger partial charge is 0.296 e. The normalized spacial score (nSPS) is 10.5. The molecule has 0 unspecified atom stereocenters. The molecule has 106 valence electrons. The van der Waals surface area contributed by atoms with E-state index in [-0.39, 0.29) is 5.56 Å². The SMILES string of the molecule is CCCOc1nc(Cc2ccccc2)c(CC)c(=O)[nH]1. The van der Waals surface area contributed by atoms with Gasteiger partial charge in [0, 0.05) is 12.0 Å². The summed E-state index contributed by atoms with van der Waals surface area (Å²) in [4.78, 5) is 19.2. The first-order valence-corrected chi connectivity index (χ1v) is 7.03. The fourth-order valence-corrected chi connectivity index (χ4v) is 2.09. The zero-order valence-corrected chi connectivity index (χ0v) is 12.0. The highest BCUT2D eigenvalue weighted by Gasteiger charge is 2.11. The predicted octanol–water partition coefficient (Wildman–Crippen LogP) is 2.71. The highest BCUT2D eigenvalue weighted by molar-refractivity contribution is 5.27. The van der Waals surface area contributed by atoms with Crippen LogP contribution in [0.15, 0.2) is 35.1 Å². The van der Waals surface area contributed by atoms with E-state index in [9.17, 15) is 4.79 Å². The van der Waals surface area contributed by atoms with Crippen LogP contribution < -0.4 is 10.3 Å². The molecule has 0 atom stereocenters. The van der Waals surface area contributed by atoms with Gasteiger partial charge in [-0.25, -0.2) is 4.98 Å². The van der Waals surface area contributed by atoms with E-state index in [1.807, 2.05) is 44.2 Å². The first kappa shape index (κ1) is 14.3. The Kier molecular flexibility index (Phi) is 4.93. The minimum atomic E-state index is -0.0977. The number of benzene rings is 1. The van der Waals surface area contributed by atoms with Crippen molar-refractivity contribution >= 4 is 0 Å². The molecule has 0 radical (unpaired) electrons. The largest absolute Gasteiger partial charge is 0.465 e. The van der Waals surface area contributed by atoms with Gasteiger partial charge in [-0.2, -0.15) is 0 Å². The van der Waals surface area contributed by atoms with E-state index in [0.717, 1.165) is 23.2 Å². The maximum absolute atomic E-state index is 12.1. The number of H-pyrrole nitrogens is 1. The van der Waals surface area contributed by atoms with Crippen molar-refractivity contribution in [2.45, 2.75) is 33.1 Å². The number of nitrogens with one attached hydrogen (secondary N) is 1. The lowest BCUT2D eigenvalue weighted by molar-refractivity contribution is 0.290. The van der Waals surface area contributed by atoms with E-state index in [1.165, 1.54) is 0 Å². The van der Waals surface area contributed by atoms with E-state index in [2.05, 4.69) is 9.97 Å². The summed E-state index contributed by atoms with van der Waals surface area (Å²) in [6.45, 7) is 4.54. The Morgan fingerprint density at radius 2 is 1.95 bits per heavy atom. The first-order chi connectivity index (χ1) is 9.74. The molecular formula is C16H20N2O2. The molecule has 1 aromatic carbocycles. The van der Waals surface area contributed by atoms with Crippen LogP contribution in [-0.2, 0) is 12.8 Å². The van der Waals surface area contributed by atoms with Crippen LogP contribution in [-0.4, -0.2) is 16.6 Å². The average Bonchev–Trinajstić information content (AvgIpc) is 2.46. The zero-order chi connectivity index (χ0) is 14.4. The minimum Gasteiger partial charge on any atom is -0.465 e. The molecule has 0 aliphatic rings. The fourth-order valence-electron chi connectivity index (χ4n) is 2.09. The topological polar surface area (TPSA) is 55.0 Å². The first-order valence-electron chi connectivity index (χ1n) is 7.03. The lowest BCUT2D eigenvalue weighted by atomic mass is 10.0. The third-order valence-electron chi connectivity index (χ3n) is 3.09. The molecule has 0 spiro atoms. The second-order valence-corrected chi connectivity index (χ2v) is 4.66. The highest BCUT2D eigenvalue weighted by atomic mass is 16.5. The van der Waals surface area contributed by atoms with E-state index < -0.39 is 0 Å². The van der Waals surface area contributed by atoms with Crippen molar-refractivity contribution in [3.63, 3.8) is 0 Å². The molecule has 1 N–H and O–H groups in total. The van der Waals surface area contributed by atoms with Crippen molar-refractivity contribution in [3.05, 3.63) is 57.5 Å². The molecule has 0 aliphatic carbocycles. The molecule has 0 fully saturated rings. The summed E-state index contributed by atoms with van der Waals surface area (Å²) in [5, 5.41) is 0. The third kappa shape index (κ3) is 3.47. The van der Waals surface area contributed by atoms with Crippen LogP contribution in [0.2, 0.25) is 0 Å². The molecule has 4 nitrogen and oxygen atoms in total. The number of nitrogens with zero attached hydrogens (tertiary/aromatic N) is 1. The van der Waals surface area contributed by atoms with Gasteiger partial charge in [-0.1, -0.05) is 44.2 Å². The van der Waals surface area contributed by atoms with Gasteiger partial charge in [-0.3, -0.25) is 9.78 Å². The van der Waals surface area contributed by atoms with Crippen LogP contribution in [0.4, 0.5) is 0 Å². The molecule has 2 rings (SSSR count). The quantitative estimate of drug-likeness (QED) is 0.879. The number of hydrogen-bond acceptors (Lipinski definition) is 3. The molecular weight excluding hydrogens is 252 g/mol. The van der Waals surface area contributed by atoms with Crippen molar-refractivity contribution in [3.8, 4) is 6.01 Å². The second-order valence-electron chi connectivity index (χ2n) is 4.66. The summed E-state index contributed by atoms with van der Waals surface area (Å²) in [6, 6.07) is 10.3. The maximum atomic E-state index is 12.1. The molecule has 0 saturated carbocycles. The maximum Gasteiger partial charge on any atom is 0.296 e. The summed E-state index contributed by atoms with van der Waals surface area (Å²) in [5.41, 5.74) is 2.58. The number of hydrogen-bond donors (Lipinski definition) is 1. The van der Waals surface area contributed by atoms with Crippen LogP contribution in [0.25, 0.3) is 0 Å². The molecule has 20 heavy (non-hydrogen) atoms. The van der Waals surface area contributed by atoms with Gasteiger partial charge in [-0.15, -0.1) is 0 Å². The summed E-state index contributed by atoms with van der Waals surface area (Å²) in [6.07, 6.45) is 2.20. The van der Waals surface area contributed by atoms with Gasteiger partial charge in [0.25, 0.3) is 11.6 Å². The lowest BCUT2D eigenvalue weighted by Crippen LogP contribution is -2.19. The lowest BCUT2D eigenvalue weighted by Gasteiger charge is -2.09. The van der Waals surface area contributed by atoms with Crippen molar-refractivity contribution < 1.29 is 4.74 Å². The fraction of sp³-hybridized carbons (Fsp3) is 0.375. The Morgan fingerprint density at radius 1 is 1.20 bits per heavy atom. The molecule has 0 saturated heterocycles. The standard InChI is InChI=1S/C16H20N2O2/c1-3-10-20-16-17-14(13(4-2)15(19)18-16)11-12-8-6-5-7-9-12/h5-9H,3-4,10-11H2,1-2H3,(H,17,18,19). The molecule has 0 amide bonds. The van der Waals surface area contributed by atoms with Crippen LogP contribution in [0.3, 0.4) is 0 Å². The second kappa shape index (κ2) is 6.89. The predicted molar refractivity (Wildman–Crippen MR) is 79.3 cm³/mol. The van der Waals surface area contributed by atoms with E-state index in [1.54, 1.807) is 0 Å². The van der Waals surface area contributed by atoms with E-state index >= 15 is 0 Å². The average molecular weight is 272 g/mol. The van der Waals surface area contributed by atoms with Crippen molar-refractivity contribution in [2.24, 2.45) is 0 Å². The van der Waals surface area contributed by atoms with Crippen molar-refractivity contribution in [2.75, 3.05) is 6.61 Å². The van der Waals surface area contributed by atoms with Crippen LogP contribution >= 0.6 is 0 Å². The number of ether oxygens (including phenoxy) is 1. The Balaban J connectivity index is 2.33. The Bertz CT molecular complexity index is 606. The molecule has 4 heteroatoms. The van der Waals surface area contributed by atoms with Gasteiger partial charge >= 0.3 is 0 Å².